The van der Waals surface area contributed by atoms with E-state index in [2.05, 4.69) is 42.5 Å². The molecule has 2 saturated heterocycles. The van der Waals surface area contributed by atoms with Crippen LogP contribution in [-0.2, 0) is 0 Å². The highest BCUT2D eigenvalue weighted by atomic mass is 15.0. The fraction of sp³-hybridized carbons (Fsp3) is 1.00. The Bertz CT molecular complexity index is 328. The Kier molecular flexibility index (Phi) is 15.9. The summed E-state index contributed by atoms with van der Waals surface area (Å²) >= 11 is 0. The third-order valence-electron chi connectivity index (χ3n) is 5.85. The van der Waals surface area contributed by atoms with Gasteiger partial charge < -0.3 is 42.5 Å². The van der Waals surface area contributed by atoms with Gasteiger partial charge in [-0.25, -0.2) is 0 Å². The van der Waals surface area contributed by atoms with Gasteiger partial charge in [0.2, 0.25) is 0 Å². The minimum atomic E-state index is 0.625. The molecular formula is C21H48N8. The van der Waals surface area contributed by atoms with Crippen LogP contribution in [0.2, 0.25) is 0 Å². The van der Waals surface area contributed by atoms with Crippen LogP contribution in [0.15, 0.2) is 0 Å². The quantitative estimate of drug-likeness (QED) is 0.254. The maximum atomic E-state index is 3.73. The van der Waals surface area contributed by atoms with Crippen molar-refractivity contribution in [3.05, 3.63) is 0 Å². The lowest BCUT2D eigenvalue weighted by Crippen LogP contribution is -2.46. The Morgan fingerprint density at radius 1 is 0.276 bits per heavy atom. The molecule has 0 aromatic carbocycles. The number of hydrogen-bond acceptors (Lipinski definition) is 8. The minimum Gasteiger partial charge on any atom is -0.317 e. The lowest BCUT2D eigenvalue weighted by molar-refractivity contribution is 0.283. The molecular weight excluding hydrogens is 364 g/mol. The molecule has 8 heteroatoms. The highest BCUT2D eigenvalue weighted by Crippen LogP contribution is 2.10. The molecule has 172 valence electrons. The molecule has 2 aliphatic rings. The molecule has 1 unspecified atom stereocenters. The number of hydrogen-bond donors (Lipinski definition) is 8. The average molecular weight is 413 g/mol. The summed E-state index contributed by atoms with van der Waals surface area (Å²) in [6.45, 7) is 17.3. The first kappa shape index (κ1) is 24.9. The van der Waals surface area contributed by atoms with Crippen molar-refractivity contribution >= 4 is 0 Å². The van der Waals surface area contributed by atoms with Crippen molar-refractivity contribution in [3.8, 4) is 0 Å². The summed E-state index contributed by atoms with van der Waals surface area (Å²) in [5, 5.41) is 29.0. The van der Waals surface area contributed by atoms with Crippen molar-refractivity contribution in [1.82, 2.24) is 42.5 Å². The third-order valence-corrected chi connectivity index (χ3v) is 5.85. The first-order valence-corrected chi connectivity index (χ1v) is 12.1. The first-order valence-electron chi connectivity index (χ1n) is 12.1. The fourth-order valence-electron chi connectivity index (χ4n) is 4.01. The number of rotatable bonds is 1. The molecule has 0 spiro atoms. The predicted octanol–water partition coefficient (Wildman–Crippen LogP) is -1.87. The van der Waals surface area contributed by atoms with Gasteiger partial charge in [0.1, 0.15) is 0 Å². The van der Waals surface area contributed by atoms with E-state index in [4.69, 9.17) is 0 Å². The van der Waals surface area contributed by atoms with Crippen LogP contribution in [0.1, 0.15) is 19.3 Å². The second-order valence-corrected chi connectivity index (χ2v) is 8.40. The van der Waals surface area contributed by atoms with Crippen LogP contribution in [-0.4, -0.2) is 105 Å². The molecule has 8 N–H and O–H groups in total. The predicted molar refractivity (Wildman–Crippen MR) is 124 cm³/mol. The van der Waals surface area contributed by atoms with Crippen molar-refractivity contribution in [2.24, 2.45) is 11.8 Å². The van der Waals surface area contributed by atoms with Crippen molar-refractivity contribution in [1.29, 1.82) is 0 Å². The van der Waals surface area contributed by atoms with Gasteiger partial charge in [-0.1, -0.05) is 0 Å². The van der Waals surface area contributed by atoms with E-state index in [1.54, 1.807) is 0 Å². The molecule has 0 aromatic rings. The zero-order valence-electron chi connectivity index (χ0n) is 18.6. The van der Waals surface area contributed by atoms with Gasteiger partial charge in [-0.3, -0.25) is 0 Å². The number of nitrogens with one attached hydrogen (secondary N) is 8. The van der Waals surface area contributed by atoms with E-state index in [0.29, 0.717) is 11.8 Å². The zero-order valence-corrected chi connectivity index (χ0v) is 18.6. The summed E-state index contributed by atoms with van der Waals surface area (Å²) < 4.78 is 0. The summed E-state index contributed by atoms with van der Waals surface area (Å²) in [6.07, 6.45) is 3.61. The standard InChI is InChI=1S/C21H48N8/c1-4-22-5-3-9-26-16-20(17-27-13-10-23-6-1)21-18-28-14-11-24-7-2-8-25-12-15-29-19-21/h20-29H,1-19H2. The van der Waals surface area contributed by atoms with E-state index in [0.717, 1.165) is 105 Å². The van der Waals surface area contributed by atoms with E-state index < -0.39 is 0 Å². The van der Waals surface area contributed by atoms with Crippen molar-refractivity contribution in [2.75, 3.05) is 105 Å². The summed E-state index contributed by atoms with van der Waals surface area (Å²) in [6, 6.07) is 0. The Hall–Kier alpha value is -0.320. The smallest absolute Gasteiger partial charge is 0.00768 e. The fourth-order valence-corrected chi connectivity index (χ4v) is 4.01. The maximum Gasteiger partial charge on any atom is 0.00768 e. The Balaban J connectivity index is 1.83. The molecule has 0 amide bonds. The van der Waals surface area contributed by atoms with Crippen LogP contribution < -0.4 is 42.5 Å². The summed E-state index contributed by atoms with van der Waals surface area (Å²) in [4.78, 5) is 0. The van der Waals surface area contributed by atoms with Gasteiger partial charge in [0, 0.05) is 39.3 Å². The molecule has 2 rings (SSSR count). The van der Waals surface area contributed by atoms with E-state index in [-0.39, 0.29) is 0 Å². The van der Waals surface area contributed by atoms with Crippen LogP contribution in [0.3, 0.4) is 0 Å². The molecule has 1 atom stereocenters. The van der Waals surface area contributed by atoms with E-state index >= 15 is 0 Å². The maximum absolute atomic E-state index is 3.73. The molecule has 29 heavy (non-hydrogen) atoms. The van der Waals surface area contributed by atoms with Gasteiger partial charge in [0.15, 0.2) is 0 Å². The summed E-state index contributed by atoms with van der Waals surface area (Å²) in [7, 11) is 0. The topological polar surface area (TPSA) is 96.2 Å². The summed E-state index contributed by atoms with van der Waals surface area (Å²) in [5.41, 5.74) is 0. The van der Waals surface area contributed by atoms with Crippen molar-refractivity contribution in [3.63, 3.8) is 0 Å². The normalized spacial score (nSPS) is 27.9. The van der Waals surface area contributed by atoms with Crippen LogP contribution in [0.4, 0.5) is 0 Å². The lowest BCUT2D eigenvalue weighted by atomic mass is 9.91. The molecule has 8 nitrogen and oxygen atoms in total. The van der Waals surface area contributed by atoms with E-state index in [1.807, 2.05) is 0 Å². The molecule has 2 fully saturated rings. The van der Waals surface area contributed by atoms with E-state index in [1.165, 1.54) is 19.3 Å². The largest absolute Gasteiger partial charge is 0.317 e. The Labute approximate surface area is 178 Å². The lowest BCUT2D eigenvalue weighted by Gasteiger charge is -2.29. The first-order chi connectivity index (χ1) is 14.5. The van der Waals surface area contributed by atoms with Crippen LogP contribution in [0.5, 0.6) is 0 Å². The molecule has 0 aliphatic carbocycles. The van der Waals surface area contributed by atoms with Gasteiger partial charge in [-0.2, -0.15) is 0 Å². The van der Waals surface area contributed by atoms with Gasteiger partial charge in [0.05, 0.1) is 0 Å². The van der Waals surface area contributed by atoms with Gasteiger partial charge in [-0.15, -0.1) is 0 Å². The van der Waals surface area contributed by atoms with Crippen molar-refractivity contribution in [2.45, 2.75) is 19.3 Å². The second-order valence-electron chi connectivity index (χ2n) is 8.40. The van der Waals surface area contributed by atoms with Crippen LogP contribution in [0, 0.1) is 11.8 Å². The summed E-state index contributed by atoms with van der Waals surface area (Å²) in [5.74, 6) is 1.25. The molecule has 2 aliphatic heterocycles. The van der Waals surface area contributed by atoms with Gasteiger partial charge >= 0.3 is 0 Å². The Morgan fingerprint density at radius 2 is 0.517 bits per heavy atom. The minimum absolute atomic E-state index is 0.625. The molecule has 0 bridgehead atoms. The molecule has 0 radical (unpaired) electrons. The van der Waals surface area contributed by atoms with Crippen LogP contribution in [0.25, 0.3) is 0 Å². The van der Waals surface area contributed by atoms with Crippen LogP contribution >= 0.6 is 0 Å². The highest BCUT2D eigenvalue weighted by molar-refractivity contribution is 4.79. The van der Waals surface area contributed by atoms with Gasteiger partial charge in [-0.05, 0) is 96.5 Å². The van der Waals surface area contributed by atoms with Gasteiger partial charge in [0.25, 0.3) is 0 Å². The monoisotopic (exact) mass is 412 g/mol. The Morgan fingerprint density at radius 3 is 0.897 bits per heavy atom. The van der Waals surface area contributed by atoms with Crippen molar-refractivity contribution < 1.29 is 0 Å². The zero-order chi connectivity index (χ0) is 20.2. The van der Waals surface area contributed by atoms with E-state index in [9.17, 15) is 0 Å². The second kappa shape index (κ2) is 18.4. The third kappa shape index (κ3) is 13.6. The highest BCUT2D eigenvalue weighted by Gasteiger charge is 2.21. The molecule has 2 heterocycles. The SMILES string of the molecule is C1CNCCCNCC(C2CNCCNCCCNCCNC2)CNCCNC1. The molecule has 0 saturated carbocycles. The average Bonchev–Trinajstić information content (AvgIpc) is 2.74. The molecule has 0 aromatic heterocycles.